The van der Waals surface area contributed by atoms with Crippen LogP contribution in [0.3, 0.4) is 0 Å². The van der Waals surface area contributed by atoms with Gasteiger partial charge in [-0.3, -0.25) is 23.9 Å². The molecule has 0 unspecified atom stereocenters. The molecule has 2 rings (SSSR count). The molecule has 9 nitrogen and oxygen atoms in total. The summed E-state index contributed by atoms with van der Waals surface area (Å²) in [5.41, 5.74) is 12.0. The summed E-state index contributed by atoms with van der Waals surface area (Å²) in [6, 6.07) is 10.6. The van der Waals surface area contributed by atoms with Gasteiger partial charge < -0.3 is 11.5 Å². The van der Waals surface area contributed by atoms with E-state index in [1.165, 1.54) is 5.56 Å². The summed E-state index contributed by atoms with van der Waals surface area (Å²) in [4.78, 5) is 8.93. The summed E-state index contributed by atoms with van der Waals surface area (Å²) in [6.45, 7) is 7.08. The van der Waals surface area contributed by atoms with Crippen molar-refractivity contribution in [3.05, 3.63) is 35.9 Å². The SMILES string of the molecule is NC(N)=NCCN1CCN(Cc2ccccc2)CC1.O=S(=O)(O)O. The number of hydrogen-bond donors (Lipinski definition) is 4. The van der Waals surface area contributed by atoms with Crippen molar-refractivity contribution in [3.8, 4) is 0 Å². The molecule has 0 amide bonds. The highest BCUT2D eigenvalue weighted by Gasteiger charge is 2.16. The molecule has 1 aromatic rings. The molecular weight excluding hydrogens is 334 g/mol. The zero-order valence-corrected chi connectivity index (χ0v) is 14.3. The van der Waals surface area contributed by atoms with Crippen LogP contribution in [0, 0.1) is 0 Å². The summed E-state index contributed by atoms with van der Waals surface area (Å²) in [5, 5.41) is 0. The minimum absolute atomic E-state index is 0.183. The van der Waals surface area contributed by atoms with Crippen LogP contribution in [0.2, 0.25) is 0 Å². The first-order valence-corrected chi connectivity index (χ1v) is 8.87. The Balaban J connectivity index is 0.000000505. The van der Waals surface area contributed by atoms with Crippen LogP contribution in [-0.2, 0) is 16.9 Å². The zero-order chi connectivity index (χ0) is 18.0. The van der Waals surface area contributed by atoms with Gasteiger partial charge in [0.1, 0.15) is 0 Å². The van der Waals surface area contributed by atoms with Crippen LogP contribution < -0.4 is 11.5 Å². The predicted octanol–water partition coefficient (Wildman–Crippen LogP) is -0.575. The molecule has 24 heavy (non-hydrogen) atoms. The van der Waals surface area contributed by atoms with E-state index in [1.54, 1.807) is 0 Å². The van der Waals surface area contributed by atoms with E-state index in [0.717, 1.165) is 39.3 Å². The minimum Gasteiger partial charge on any atom is -0.370 e. The molecule has 1 saturated heterocycles. The van der Waals surface area contributed by atoms with E-state index in [9.17, 15) is 0 Å². The molecule has 0 spiro atoms. The molecule has 0 atom stereocenters. The molecule has 0 bridgehead atoms. The van der Waals surface area contributed by atoms with Crippen LogP contribution >= 0.6 is 0 Å². The number of nitrogens with zero attached hydrogens (tertiary/aromatic N) is 3. The van der Waals surface area contributed by atoms with Gasteiger partial charge in [0.05, 0.1) is 6.54 Å². The number of aliphatic imine (C=N–C) groups is 1. The van der Waals surface area contributed by atoms with Gasteiger partial charge in [-0.05, 0) is 5.56 Å². The largest absolute Gasteiger partial charge is 0.394 e. The Bertz CT molecular complexity index is 589. The van der Waals surface area contributed by atoms with Crippen molar-refractivity contribution >= 4 is 16.4 Å². The maximum Gasteiger partial charge on any atom is 0.394 e. The molecule has 0 aliphatic carbocycles. The number of guanidine groups is 1. The van der Waals surface area contributed by atoms with Crippen LogP contribution in [0.1, 0.15) is 5.56 Å². The van der Waals surface area contributed by atoms with Crippen molar-refractivity contribution in [3.63, 3.8) is 0 Å². The Morgan fingerprint density at radius 2 is 1.54 bits per heavy atom. The van der Waals surface area contributed by atoms with Crippen molar-refractivity contribution in [1.29, 1.82) is 0 Å². The molecule has 136 valence electrons. The lowest BCUT2D eigenvalue weighted by Crippen LogP contribution is -2.46. The third kappa shape index (κ3) is 10.9. The van der Waals surface area contributed by atoms with Gasteiger partial charge in [-0.1, -0.05) is 30.3 Å². The Hall–Kier alpha value is -1.72. The quantitative estimate of drug-likeness (QED) is 0.310. The van der Waals surface area contributed by atoms with Crippen LogP contribution in [0.5, 0.6) is 0 Å². The zero-order valence-electron chi connectivity index (χ0n) is 13.5. The fraction of sp³-hybridized carbons (Fsp3) is 0.500. The van der Waals surface area contributed by atoms with Gasteiger partial charge in [0.2, 0.25) is 0 Å². The Kier molecular flexibility index (Phi) is 8.65. The number of rotatable bonds is 5. The molecule has 1 aliphatic heterocycles. The second-order valence-corrected chi connectivity index (χ2v) is 6.25. The molecule has 1 fully saturated rings. The molecule has 0 aromatic heterocycles. The predicted molar refractivity (Wildman–Crippen MR) is 93.0 cm³/mol. The molecular formula is C14H25N5O4S. The van der Waals surface area contributed by atoms with E-state index in [0.29, 0.717) is 6.54 Å². The van der Waals surface area contributed by atoms with E-state index in [1.807, 2.05) is 0 Å². The van der Waals surface area contributed by atoms with Gasteiger partial charge in [-0.2, -0.15) is 8.42 Å². The van der Waals surface area contributed by atoms with Crippen LogP contribution in [0.15, 0.2) is 35.3 Å². The molecule has 10 heteroatoms. The third-order valence-electron chi connectivity index (χ3n) is 3.42. The maximum atomic E-state index is 8.74. The highest BCUT2D eigenvalue weighted by atomic mass is 32.3. The number of piperazine rings is 1. The Morgan fingerprint density at radius 3 is 2.04 bits per heavy atom. The van der Waals surface area contributed by atoms with Crippen molar-refractivity contribution in [2.45, 2.75) is 6.54 Å². The lowest BCUT2D eigenvalue weighted by molar-refractivity contribution is 0.130. The monoisotopic (exact) mass is 359 g/mol. The average molecular weight is 359 g/mol. The first-order valence-electron chi connectivity index (χ1n) is 7.48. The van der Waals surface area contributed by atoms with Crippen LogP contribution in [0.4, 0.5) is 0 Å². The smallest absolute Gasteiger partial charge is 0.370 e. The Labute approximate surface area is 142 Å². The van der Waals surface area contributed by atoms with E-state index in [-0.39, 0.29) is 5.96 Å². The number of benzene rings is 1. The summed E-state index contributed by atoms with van der Waals surface area (Å²) >= 11 is 0. The van der Waals surface area contributed by atoms with E-state index >= 15 is 0 Å². The van der Waals surface area contributed by atoms with Gasteiger partial charge in [-0.15, -0.1) is 0 Å². The topological polar surface area (TPSA) is 145 Å². The molecule has 1 aliphatic rings. The second-order valence-electron chi connectivity index (χ2n) is 5.36. The third-order valence-corrected chi connectivity index (χ3v) is 3.42. The van der Waals surface area contributed by atoms with Crippen LogP contribution in [-0.4, -0.2) is 72.6 Å². The lowest BCUT2D eigenvalue weighted by Gasteiger charge is -2.34. The fourth-order valence-electron chi connectivity index (χ4n) is 2.33. The fourth-order valence-corrected chi connectivity index (χ4v) is 2.33. The minimum atomic E-state index is -4.67. The van der Waals surface area contributed by atoms with Crippen LogP contribution in [0.25, 0.3) is 0 Å². The highest BCUT2D eigenvalue weighted by molar-refractivity contribution is 7.79. The van der Waals surface area contributed by atoms with E-state index < -0.39 is 10.4 Å². The van der Waals surface area contributed by atoms with Crippen molar-refractivity contribution in [2.24, 2.45) is 16.5 Å². The first kappa shape index (κ1) is 20.3. The van der Waals surface area contributed by atoms with Gasteiger partial charge >= 0.3 is 10.4 Å². The maximum absolute atomic E-state index is 8.74. The van der Waals surface area contributed by atoms with Gasteiger partial charge in [-0.25, -0.2) is 0 Å². The molecule has 1 aromatic carbocycles. The van der Waals surface area contributed by atoms with Crippen molar-refractivity contribution in [2.75, 3.05) is 39.3 Å². The number of hydrogen-bond acceptors (Lipinski definition) is 5. The standard InChI is InChI=1S/C14H23N5.H2O4S/c15-14(16)17-6-7-18-8-10-19(11-9-18)12-13-4-2-1-3-5-13;1-5(2,3)4/h1-5H,6-12H2,(H4,15,16,17);(H2,1,2,3,4). The average Bonchev–Trinajstić information content (AvgIpc) is 2.48. The molecule has 0 radical (unpaired) electrons. The highest BCUT2D eigenvalue weighted by Crippen LogP contribution is 2.08. The van der Waals surface area contributed by atoms with Crippen molar-refractivity contribution < 1.29 is 17.5 Å². The summed E-state index contributed by atoms with van der Waals surface area (Å²) in [7, 11) is -4.67. The summed E-state index contributed by atoms with van der Waals surface area (Å²) in [6.07, 6.45) is 0. The van der Waals surface area contributed by atoms with Gasteiger partial charge in [0.25, 0.3) is 0 Å². The summed E-state index contributed by atoms with van der Waals surface area (Å²) in [5.74, 6) is 0.183. The first-order chi connectivity index (χ1) is 11.2. The Morgan fingerprint density at radius 1 is 1.04 bits per heavy atom. The summed E-state index contributed by atoms with van der Waals surface area (Å²) < 4.78 is 31.6. The lowest BCUT2D eigenvalue weighted by atomic mass is 10.2. The molecule has 6 N–H and O–H groups in total. The van der Waals surface area contributed by atoms with E-state index in [4.69, 9.17) is 29.0 Å². The number of nitrogens with two attached hydrogens (primary N) is 2. The van der Waals surface area contributed by atoms with Gasteiger partial charge in [0, 0.05) is 39.3 Å². The van der Waals surface area contributed by atoms with E-state index in [2.05, 4.69) is 45.1 Å². The normalized spacial score (nSPS) is 16.1. The van der Waals surface area contributed by atoms with Gasteiger partial charge in [0.15, 0.2) is 5.96 Å². The molecule has 1 heterocycles. The second kappa shape index (κ2) is 10.2. The van der Waals surface area contributed by atoms with Crippen molar-refractivity contribution in [1.82, 2.24) is 9.80 Å². The molecule has 0 saturated carbocycles.